The average Bonchev–Trinajstić information content (AvgIpc) is 3.44. The first-order chi connectivity index (χ1) is 17.7. The van der Waals surface area contributed by atoms with Crippen LogP contribution in [0.15, 0.2) is 64.6 Å². The van der Waals surface area contributed by atoms with E-state index in [2.05, 4.69) is 28.2 Å². The van der Waals surface area contributed by atoms with Gasteiger partial charge in [0.25, 0.3) is 11.8 Å². The van der Waals surface area contributed by atoms with E-state index in [-0.39, 0.29) is 17.8 Å². The number of nitrogens with two attached hydrogens (primary N) is 4. The molecule has 8 nitrogen and oxygen atoms in total. The quantitative estimate of drug-likeness (QED) is 0.248. The Hall–Kier alpha value is -3.94. The van der Waals surface area contributed by atoms with Crippen molar-refractivity contribution in [1.82, 2.24) is 0 Å². The average molecular weight is 511 g/mol. The molecule has 2 aromatic rings. The fourth-order valence-electron chi connectivity index (χ4n) is 3.30. The van der Waals surface area contributed by atoms with Gasteiger partial charge in [0, 0.05) is 17.0 Å². The summed E-state index contributed by atoms with van der Waals surface area (Å²) in [5.41, 5.74) is 24.9. The first-order valence-corrected chi connectivity index (χ1v) is 12.8. The molecule has 0 saturated carbocycles. The van der Waals surface area contributed by atoms with Gasteiger partial charge in [-0.15, -0.1) is 0 Å². The number of carbonyl (C=O) groups excluding carboxylic acids is 2. The summed E-state index contributed by atoms with van der Waals surface area (Å²) in [7, 11) is 0. The van der Waals surface area contributed by atoms with E-state index in [1.807, 2.05) is 67.5 Å². The van der Waals surface area contributed by atoms with E-state index >= 15 is 0 Å². The van der Waals surface area contributed by atoms with E-state index in [0.29, 0.717) is 17.0 Å². The Bertz CT molecular complexity index is 1040. The first-order valence-electron chi connectivity index (χ1n) is 12.8. The molecule has 8 heteroatoms. The predicted molar refractivity (Wildman–Crippen MR) is 158 cm³/mol. The molecule has 0 heterocycles. The molecule has 8 N–H and O–H groups in total. The molecule has 3 rings (SSSR count). The molecule has 1 atom stereocenters. The molecule has 0 spiro atoms. The zero-order valence-electron chi connectivity index (χ0n) is 23.7. The minimum Gasteiger partial charge on any atom is -0.370 e. The highest BCUT2D eigenvalue weighted by Crippen LogP contribution is 2.32. The van der Waals surface area contributed by atoms with Crippen molar-refractivity contribution in [2.24, 2.45) is 32.9 Å². The van der Waals surface area contributed by atoms with Crippen LogP contribution in [0.2, 0.25) is 0 Å². The summed E-state index contributed by atoms with van der Waals surface area (Å²) < 4.78 is 0. The number of hydrogen-bond acceptors (Lipinski definition) is 2. The van der Waals surface area contributed by atoms with Crippen molar-refractivity contribution in [3.05, 3.63) is 82.4 Å². The van der Waals surface area contributed by atoms with Crippen molar-refractivity contribution < 1.29 is 9.59 Å². The van der Waals surface area contributed by atoms with E-state index < -0.39 is 5.91 Å². The number of allylic oxidation sites excluding steroid dienone is 2. The summed E-state index contributed by atoms with van der Waals surface area (Å²) in [5.74, 6) is -0.760. The lowest BCUT2D eigenvalue weighted by Gasteiger charge is -2.14. The largest absolute Gasteiger partial charge is 0.370 e. The van der Waals surface area contributed by atoms with Crippen LogP contribution >= 0.6 is 0 Å². The van der Waals surface area contributed by atoms with Crippen LogP contribution in [0.4, 0.5) is 0 Å². The summed E-state index contributed by atoms with van der Waals surface area (Å²) in [6.07, 6.45) is 6.70. The Morgan fingerprint density at radius 1 is 0.757 bits per heavy atom. The van der Waals surface area contributed by atoms with Gasteiger partial charge in [0.1, 0.15) is 0 Å². The van der Waals surface area contributed by atoms with Crippen molar-refractivity contribution in [2.75, 3.05) is 0 Å². The van der Waals surface area contributed by atoms with E-state index in [0.717, 1.165) is 24.0 Å². The summed E-state index contributed by atoms with van der Waals surface area (Å²) in [5, 5.41) is 0. The highest BCUT2D eigenvalue weighted by molar-refractivity contribution is 6.03. The second kappa shape index (κ2) is 20.3. The molecule has 0 aliphatic heterocycles. The maximum Gasteiger partial charge on any atom is 0.280 e. The van der Waals surface area contributed by atoms with Crippen LogP contribution in [0.1, 0.15) is 97.7 Å². The smallest absolute Gasteiger partial charge is 0.280 e. The molecule has 2 amide bonds. The third-order valence-electron chi connectivity index (χ3n) is 4.74. The van der Waals surface area contributed by atoms with Crippen molar-refractivity contribution in [1.29, 1.82) is 0 Å². The molecule has 1 aliphatic carbocycles. The highest BCUT2D eigenvalue weighted by atomic mass is 16.1. The standard InChI is InChI=1S/C15H19N3O.C8H9N3O.3C2H6/c1-9-8-13(14(19)18-15(16)17)10(2)7-12(9)11-5-3-4-6-11;9-8(10)11-7(12)6-4-2-1-3-5-6;3*1-2/h3,5,7-8,11H,4,6H2,1-2H3,(H4,16,17,18,19);1-5H,(H4,9,10,11,12);3*1-2H3. The van der Waals surface area contributed by atoms with Crippen molar-refractivity contribution >= 4 is 23.7 Å². The zero-order chi connectivity index (χ0) is 29.0. The summed E-state index contributed by atoms with van der Waals surface area (Å²) in [6, 6.07) is 12.6. The number of hydrogen-bond donors (Lipinski definition) is 4. The van der Waals surface area contributed by atoms with Crippen molar-refractivity contribution in [2.45, 2.75) is 74.1 Å². The van der Waals surface area contributed by atoms with E-state index in [1.165, 1.54) is 5.56 Å². The van der Waals surface area contributed by atoms with E-state index in [4.69, 9.17) is 22.9 Å². The van der Waals surface area contributed by atoms with Gasteiger partial charge in [-0.1, -0.05) is 78.0 Å². The number of rotatable bonds is 3. The number of aryl methyl sites for hydroxylation is 2. The minimum atomic E-state index is -0.421. The molecular weight excluding hydrogens is 464 g/mol. The second-order valence-corrected chi connectivity index (χ2v) is 7.19. The topological polar surface area (TPSA) is 163 Å². The van der Waals surface area contributed by atoms with Crippen LogP contribution in [-0.2, 0) is 0 Å². The van der Waals surface area contributed by atoms with Crippen molar-refractivity contribution in [3.8, 4) is 0 Å². The van der Waals surface area contributed by atoms with Crippen LogP contribution in [-0.4, -0.2) is 23.7 Å². The fourth-order valence-corrected chi connectivity index (χ4v) is 3.30. The van der Waals surface area contributed by atoms with Gasteiger partial charge in [0.2, 0.25) is 0 Å². The summed E-state index contributed by atoms with van der Waals surface area (Å²) in [4.78, 5) is 30.0. The summed E-state index contributed by atoms with van der Waals surface area (Å²) >= 11 is 0. The zero-order valence-corrected chi connectivity index (χ0v) is 23.7. The molecule has 1 unspecified atom stereocenters. The Morgan fingerprint density at radius 2 is 1.27 bits per heavy atom. The lowest BCUT2D eigenvalue weighted by molar-refractivity contribution is 0.0994. The molecule has 0 saturated heterocycles. The third kappa shape index (κ3) is 13.1. The Labute approximate surface area is 222 Å². The number of aliphatic imine (C=N–C) groups is 2. The maximum atomic E-state index is 11.9. The van der Waals surface area contributed by atoms with Gasteiger partial charge in [-0.2, -0.15) is 9.98 Å². The van der Waals surface area contributed by atoms with Gasteiger partial charge in [-0.25, -0.2) is 0 Å². The van der Waals surface area contributed by atoms with E-state index in [9.17, 15) is 9.59 Å². The number of benzene rings is 2. The van der Waals surface area contributed by atoms with Crippen LogP contribution in [0.5, 0.6) is 0 Å². The molecule has 0 bridgehead atoms. The molecule has 1 aliphatic rings. The lowest BCUT2D eigenvalue weighted by atomic mass is 9.90. The molecule has 0 radical (unpaired) electrons. The third-order valence-corrected chi connectivity index (χ3v) is 4.74. The van der Waals surface area contributed by atoms with Gasteiger partial charge >= 0.3 is 0 Å². The summed E-state index contributed by atoms with van der Waals surface area (Å²) in [6.45, 7) is 15.9. The van der Waals surface area contributed by atoms with E-state index in [1.54, 1.807) is 24.3 Å². The monoisotopic (exact) mass is 510 g/mol. The SMILES string of the molecule is CC.CC.CC.Cc1cc(C2C=CCC2)c(C)cc1C(=O)N=C(N)N.NC(N)=NC(=O)c1ccccc1. The van der Waals surface area contributed by atoms with Gasteiger partial charge < -0.3 is 22.9 Å². The number of guanidine groups is 2. The lowest BCUT2D eigenvalue weighted by Crippen LogP contribution is -2.24. The Kier molecular flexibility index (Phi) is 19.3. The van der Waals surface area contributed by atoms with Crippen LogP contribution < -0.4 is 22.9 Å². The maximum absolute atomic E-state index is 11.9. The predicted octanol–water partition coefficient (Wildman–Crippen LogP) is 5.33. The van der Waals surface area contributed by atoms with Gasteiger partial charge in [-0.05, 0) is 61.6 Å². The number of carbonyl (C=O) groups is 2. The van der Waals surface area contributed by atoms with Crippen LogP contribution in [0.25, 0.3) is 0 Å². The van der Waals surface area contributed by atoms with Crippen molar-refractivity contribution in [3.63, 3.8) is 0 Å². The fraction of sp³-hybridized carbons (Fsp3) is 0.379. The molecular formula is C29H46N6O2. The molecule has 0 fully saturated rings. The number of amides is 2. The minimum absolute atomic E-state index is 0.204. The molecule has 204 valence electrons. The highest BCUT2D eigenvalue weighted by Gasteiger charge is 2.17. The second-order valence-electron chi connectivity index (χ2n) is 7.19. The Morgan fingerprint density at radius 3 is 1.73 bits per heavy atom. The van der Waals surface area contributed by atoms with Gasteiger partial charge in [0.05, 0.1) is 0 Å². The first kappa shape index (κ1) is 35.2. The van der Waals surface area contributed by atoms with Crippen LogP contribution in [0, 0.1) is 13.8 Å². The molecule has 2 aromatic carbocycles. The van der Waals surface area contributed by atoms with Gasteiger partial charge in [0.15, 0.2) is 11.9 Å². The Balaban J connectivity index is 0. The number of nitrogens with zero attached hydrogens (tertiary/aromatic N) is 2. The normalized spacial score (nSPS) is 12.4. The van der Waals surface area contributed by atoms with Gasteiger partial charge in [-0.3, -0.25) is 9.59 Å². The van der Waals surface area contributed by atoms with Crippen LogP contribution in [0.3, 0.4) is 0 Å². The molecule has 37 heavy (non-hydrogen) atoms. The molecule has 0 aromatic heterocycles.